The Morgan fingerprint density at radius 1 is 1.00 bits per heavy atom. The molecule has 0 aromatic heterocycles. The number of ether oxygens (including phenoxy) is 1. The summed E-state index contributed by atoms with van der Waals surface area (Å²) in [6, 6.07) is 15.9. The number of hydrogen-bond acceptors (Lipinski definition) is 5. The van der Waals surface area contributed by atoms with Gasteiger partial charge in [-0.25, -0.2) is 0 Å². The van der Waals surface area contributed by atoms with Crippen molar-refractivity contribution in [1.29, 1.82) is 0 Å². The van der Waals surface area contributed by atoms with E-state index in [1.165, 1.54) is 0 Å². The highest BCUT2D eigenvalue weighted by Crippen LogP contribution is 2.82. The molecule has 24 heavy (non-hydrogen) atoms. The predicted octanol–water partition coefficient (Wildman–Crippen LogP) is 5.37. The van der Waals surface area contributed by atoms with E-state index >= 15 is 0 Å². The molecule has 0 radical (unpaired) electrons. The maximum atomic E-state index is 13.4. The van der Waals surface area contributed by atoms with Crippen LogP contribution < -0.4 is 4.74 Å². The first-order valence-electron chi connectivity index (χ1n) is 8.09. The Kier molecular flexibility index (Phi) is 4.00. The molecule has 1 spiro atoms. The molecular formula is C18H19O4PS. The number of para-hydroxylation sites is 2. The number of hydrogen-bond donors (Lipinski definition) is 0. The average Bonchev–Trinajstić information content (AvgIpc) is 3.33. The first-order valence-corrected chi connectivity index (χ1v) is 10.6. The van der Waals surface area contributed by atoms with E-state index in [-0.39, 0.29) is 4.99 Å². The highest BCUT2D eigenvalue weighted by atomic mass is 32.2. The van der Waals surface area contributed by atoms with Crippen molar-refractivity contribution in [2.45, 2.75) is 23.6 Å². The molecule has 4 rings (SSSR count). The van der Waals surface area contributed by atoms with Gasteiger partial charge in [-0.1, -0.05) is 36.4 Å². The van der Waals surface area contributed by atoms with Crippen LogP contribution in [0.2, 0.25) is 0 Å². The minimum Gasteiger partial charge on any atom is -0.457 e. The third-order valence-corrected chi connectivity index (χ3v) is 9.12. The van der Waals surface area contributed by atoms with Gasteiger partial charge in [-0.2, -0.15) is 0 Å². The summed E-state index contributed by atoms with van der Waals surface area (Å²) >= 11 is 1.64. The summed E-state index contributed by atoms with van der Waals surface area (Å²) in [5, 5.41) is 0. The molecule has 0 bridgehead atoms. The highest BCUT2D eigenvalue weighted by molar-refractivity contribution is 8.14. The van der Waals surface area contributed by atoms with Crippen LogP contribution in [0.25, 0.3) is 0 Å². The fourth-order valence-corrected chi connectivity index (χ4v) is 8.03. The molecule has 0 saturated carbocycles. The van der Waals surface area contributed by atoms with Crippen molar-refractivity contribution >= 4 is 19.4 Å². The van der Waals surface area contributed by atoms with Crippen LogP contribution in [0.1, 0.15) is 25.0 Å². The summed E-state index contributed by atoms with van der Waals surface area (Å²) in [5.74, 6) is 1.62. The Morgan fingerprint density at radius 3 is 2.00 bits per heavy atom. The molecule has 126 valence electrons. The van der Waals surface area contributed by atoms with Gasteiger partial charge in [-0.15, -0.1) is 11.8 Å². The minimum atomic E-state index is -3.22. The Morgan fingerprint density at radius 2 is 1.50 bits per heavy atom. The van der Waals surface area contributed by atoms with Gasteiger partial charge >= 0.3 is 7.60 Å². The van der Waals surface area contributed by atoms with Crippen LogP contribution in [-0.2, 0) is 18.4 Å². The van der Waals surface area contributed by atoms with Gasteiger partial charge in [0.15, 0.2) is 0 Å². The molecule has 2 aliphatic rings. The van der Waals surface area contributed by atoms with Gasteiger partial charge < -0.3 is 13.8 Å². The molecule has 2 heterocycles. The standard InChI is InChI=1S/C18H19O4PS/c1-3-20-23(19,21-4-2)17-18(24-17)13-9-5-7-11-15(13)22-16-12-8-6-10-14(16)18/h5-12,17H,3-4H2,1-2H3. The van der Waals surface area contributed by atoms with Gasteiger partial charge in [0.1, 0.15) is 16.5 Å². The van der Waals surface area contributed by atoms with Gasteiger partial charge in [0.25, 0.3) is 0 Å². The van der Waals surface area contributed by atoms with Gasteiger partial charge in [-0.05, 0) is 26.0 Å². The maximum absolute atomic E-state index is 13.4. The normalized spacial score (nSPS) is 20.2. The van der Waals surface area contributed by atoms with Crippen LogP contribution in [0.3, 0.4) is 0 Å². The quantitative estimate of drug-likeness (QED) is 0.528. The molecule has 6 heteroatoms. The Labute approximate surface area is 146 Å². The van der Waals surface area contributed by atoms with Crippen molar-refractivity contribution in [3.63, 3.8) is 0 Å². The van der Waals surface area contributed by atoms with Crippen LogP contribution in [0.5, 0.6) is 11.5 Å². The number of fused-ring (bicyclic) bond motifs is 4. The fraction of sp³-hybridized carbons (Fsp3) is 0.333. The third kappa shape index (κ3) is 2.26. The summed E-state index contributed by atoms with van der Waals surface area (Å²) < 4.78 is 30.2. The fourth-order valence-electron chi connectivity index (χ4n) is 3.34. The number of rotatable bonds is 5. The number of benzene rings is 2. The second-order valence-corrected chi connectivity index (χ2v) is 9.49. The lowest BCUT2D eigenvalue weighted by molar-refractivity contribution is 0.218. The van der Waals surface area contributed by atoms with Gasteiger partial charge in [0.2, 0.25) is 0 Å². The van der Waals surface area contributed by atoms with E-state index in [9.17, 15) is 4.57 Å². The molecule has 4 nitrogen and oxygen atoms in total. The molecule has 2 aliphatic heterocycles. The lowest BCUT2D eigenvalue weighted by Crippen LogP contribution is -2.21. The Bertz CT molecular complexity index is 767. The third-order valence-electron chi connectivity index (χ3n) is 4.29. The van der Waals surface area contributed by atoms with Crippen molar-refractivity contribution in [1.82, 2.24) is 0 Å². The smallest absolute Gasteiger partial charge is 0.345 e. The van der Waals surface area contributed by atoms with E-state index in [2.05, 4.69) is 0 Å². The molecule has 1 atom stereocenters. The van der Waals surface area contributed by atoms with Gasteiger partial charge in [0, 0.05) is 11.1 Å². The lowest BCUT2D eigenvalue weighted by atomic mass is 9.89. The van der Waals surface area contributed by atoms with E-state index in [4.69, 9.17) is 13.8 Å². The zero-order chi connectivity index (χ0) is 16.8. The van der Waals surface area contributed by atoms with E-state index in [0.29, 0.717) is 13.2 Å². The molecule has 1 unspecified atom stereocenters. The monoisotopic (exact) mass is 362 g/mol. The molecular weight excluding hydrogens is 343 g/mol. The predicted molar refractivity (Wildman–Crippen MR) is 96.0 cm³/mol. The largest absolute Gasteiger partial charge is 0.457 e. The topological polar surface area (TPSA) is 44.8 Å². The van der Waals surface area contributed by atoms with Gasteiger partial charge in [-0.3, -0.25) is 4.57 Å². The van der Waals surface area contributed by atoms with Crippen LogP contribution >= 0.6 is 19.4 Å². The first-order chi connectivity index (χ1) is 11.7. The second kappa shape index (κ2) is 5.92. The molecule has 0 N–H and O–H groups in total. The van der Waals surface area contributed by atoms with Crippen molar-refractivity contribution in [2.24, 2.45) is 0 Å². The van der Waals surface area contributed by atoms with Crippen molar-refractivity contribution in [3.05, 3.63) is 59.7 Å². The second-order valence-electron chi connectivity index (χ2n) is 5.68. The molecule has 1 fully saturated rings. The van der Waals surface area contributed by atoms with Gasteiger partial charge in [0.05, 0.1) is 18.0 Å². The summed E-state index contributed by atoms with van der Waals surface area (Å²) in [6.45, 7) is 4.42. The zero-order valence-electron chi connectivity index (χ0n) is 13.6. The summed E-state index contributed by atoms with van der Waals surface area (Å²) in [7, 11) is -3.22. The van der Waals surface area contributed by atoms with Crippen LogP contribution in [0, 0.1) is 0 Å². The molecule has 1 saturated heterocycles. The van der Waals surface area contributed by atoms with E-state index in [0.717, 1.165) is 22.6 Å². The van der Waals surface area contributed by atoms with Crippen LogP contribution in [-0.4, -0.2) is 18.2 Å². The van der Waals surface area contributed by atoms with E-state index in [1.807, 2.05) is 62.4 Å². The van der Waals surface area contributed by atoms with Crippen molar-refractivity contribution < 1.29 is 18.3 Å². The van der Waals surface area contributed by atoms with E-state index < -0.39 is 12.3 Å². The molecule has 0 amide bonds. The number of thioether (sulfide) groups is 1. The van der Waals surface area contributed by atoms with Crippen LogP contribution in [0.15, 0.2) is 48.5 Å². The van der Waals surface area contributed by atoms with Crippen molar-refractivity contribution in [2.75, 3.05) is 13.2 Å². The van der Waals surface area contributed by atoms with E-state index in [1.54, 1.807) is 11.8 Å². The lowest BCUT2D eigenvalue weighted by Gasteiger charge is -2.29. The maximum Gasteiger partial charge on any atom is 0.345 e. The van der Waals surface area contributed by atoms with Crippen molar-refractivity contribution in [3.8, 4) is 11.5 Å². The zero-order valence-corrected chi connectivity index (χ0v) is 15.3. The average molecular weight is 362 g/mol. The van der Waals surface area contributed by atoms with Crippen LogP contribution in [0.4, 0.5) is 0 Å². The molecule has 2 aromatic carbocycles. The Hall–Kier alpha value is -1.26. The highest BCUT2D eigenvalue weighted by Gasteiger charge is 2.70. The molecule has 2 aromatic rings. The summed E-state index contributed by atoms with van der Waals surface area (Å²) in [4.78, 5) is -0.254. The SMILES string of the molecule is CCOP(=O)(OCC)C1SC12c1ccccc1Oc1ccccc12. The Balaban J connectivity index is 1.86. The summed E-state index contributed by atoms with van der Waals surface area (Å²) in [5.41, 5.74) is 2.08. The minimum absolute atomic E-state index is 0.254. The molecule has 0 aliphatic carbocycles. The first kappa shape index (κ1) is 16.2. The summed E-state index contributed by atoms with van der Waals surface area (Å²) in [6.07, 6.45) is 0.